The van der Waals surface area contributed by atoms with Crippen LogP contribution in [0.25, 0.3) is 0 Å². The minimum Gasteiger partial charge on any atom is -0.326 e. The van der Waals surface area contributed by atoms with Gasteiger partial charge < -0.3 is 9.79 Å². The molecule has 0 amide bonds. The largest absolute Gasteiger partial charge is 0.326 e. The Kier molecular flexibility index (Phi) is 18.6. The van der Waals surface area contributed by atoms with Gasteiger partial charge in [0.2, 0.25) is 0 Å². The third kappa shape index (κ3) is 29.2. The molecule has 0 radical (unpaired) electrons. The molecule has 0 bridgehead atoms. The Hall–Kier alpha value is -0.630. The van der Waals surface area contributed by atoms with Crippen molar-refractivity contribution in [2.24, 2.45) is 0 Å². The number of hydrogen-bond acceptors (Lipinski definition) is 1. The molecule has 0 aliphatic rings. The molecule has 0 aliphatic heterocycles. The molecule has 0 aromatic heterocycles. The topological polar surface area (TPSA) is 57.5 Å². The molecule has 0 heterocycles. The fourth-order valence-corrected chi connectivity index (χ4v) is 1.01. The molecule has 0 aromatic carbocycles. The Morgan fingerprint density at radius 3 is 2.25 bits per heavy atom. The van der Waals surface area contributed by atoms with Crippen molar-refractivity contribution in [3.8, 4) is 0 Å². The van der Waals surface area contributed by atoms with Crippen LogP contribution in [0.4, 0.5) is 0 Å². The van der Waals surface area contributed by atoms with Crippen LogP contribution in [-0.2, 0) is 4.57 Å². The number of hydrogen-bond donors (Lipinski definition) is 2. The van der Waals surface area contributed by atoms with Crippen molar-refractivity contribution in [1.29, 1.82) is 0 Å². The van der Waals surface area contributed by atoms with Gasteiger partial charge in [0.15, 0.2) is 0 Å². The lowest BCUT2D eigenvalue weighted by Crippen LogP contribution is -1.72. The van der Waals surface area contributed by atoms with Gasteiger partial charge in [-0.15, -0.1) is 0 Å². The summed E-state index contributed by atoms with van der Waals surface area (Å²) in [5.41, 5.74) is 0. The minimum atomic E-state index is -3.13. The van der Waals surface area contributed by atoms with Crippen molar-refractivity contribution in [3.63, 3.8) is 0 Å². The molecule has 0 aliphatic carbocycles. The van der Waals surface area contributed by atoms with Gasteiger partial charge in [-0.3, -0.25) is 4.57 Å². The van der Waals surface area contributed by atoms with E-state index in [9.17, 15) is 0 Å². The zero-order chi connectivity index (χ0) is 12.6. The predicted molar refractivity (Wildman–Crippen MR) is 70.7 cm³/mol. The number of unbranched alkanes of at least 4 members (excludes halogenated alkanes) is 4. The van der Waals surface area contributed by atoms with Crippen molar-refractivity contribution >= 4 is 8.25 Å². The molecule has 4 heteroatoms. The maximum Gasteiger partial charge on any atom is 0.314 e. The molecule has 94 valence electrons. The smallest absolute Gasteiger partial charge is 0.314 e. The highest BCUT2D eigenvalue weighted by Crippen LogP contribution is 2.02. The quantitative estimate of drug-likeness (QED) is 0.410. The van der Waals surface area contributed by atoms with Crippen LogP contribution in [0.15, 0.2) is 37.0 Å². The van der Waals surface area contributed by atoms with Crippen LogP contribution in [0.3, 0.4) is 0 Å². The van der Waals surface area contributed by atoms with E-state index in [1.165, 1.54) is 32.1 Å². The Morgan fingerprint density at radius 1 is 1.12 bits per heavy atom. The van der Waals surface area contributed by atoms with Crippen LogP contribution < -0.4 is 0 Å². The highest BCUT2D eigenvalue weighted by molar-refractivity contribution is 7.30. The molecule has 0 spiro atoms. The summed E-state index contributed by atoms with van der Waals surface area (Å²) in [5.74, 6) is 0. The maximum atomic E-state index is 8.74. The predicted octanol–water partition coefficient (Wildman–Crippen LogP) is 3.62. The average molecular weight is 246 g/mol. The lowest BCUT2D eigenvalue weighted by atomic mass is 10.1. The standard InChI is InChI=1S/C12H20.H3O3P/c1-3-5-7-9-11-12-10-8-6-4-2;1-4(2)3/h3,5,7,9,11H,1,4,6,8,10,12H2,2H3;4H,(H2,1,2,3). The van der Waals surface area contributed by atoms with E-state index in [0.29, 0.717) is 0 Å². The van der Waals surface area contributed by atoms with E-state index in [4.69, 9.17) is 14.4 Å². The van der Waals surface area contributed by atoms with Crippen LogP contribution in [0.1, 0.15) is 39.0 Å². The van der Waals surface area contributed by atoms with Gasteiger partial charge in [0.1, 0.15) is 0 Å². The molecule has 0 saturated carbocycles. The van der Waals surface area contributed by atoms with Gasteiger partial charge in [0.05, 0.1) is 0 Å². The second-order valence-electron chi connectivity index (χ2n) is 3.18. The summed E-state index contributed by atoms with van der Waals surface area (Å²) in [6.45, 7) is 5.84. The van der Waals surface area contributed by atoms with Crippen molar-refractivity contribution in [3.05, 3.63) is 37.0 Å². The summed E-state index contributed by atoms with van der Waals surface area (Å²) in [7, 11) is -3.13. The molecule has 0 fully saturated rings. The van der Waals surface area contributed by atoms with E-state index in [1.807, 2.05) is 12.2 Å². The van der Waals surface area contributed by atoms with Gasteiger partial charge >= 0.3 is 8.25 Å². The van der Waals surface area contributed by atoms with Gasteiger partial charge in [0, 0.05) is 0 Å². The number of rotatable bonds is 7. The fraction of sp³-hybridized carbons (Fsp3) is 0.500. The van der Waals surface area contributed by atoms with E-state index in [0.717, 1.165) is 0 Å². The van der Waals surface area contributed by atoms with Crippen molar-refractivity contribution in [2.75, 3.05) is 0 Å². The fourth-order valence-electron chi connectivity index (χ4n) is 1.01. The average Bonchev–Trinajstić information content (AvgIpc) is 2.21. The van der Waals surface area contributed by atoms with Crippen molar-refractivity contribution in [2.45, 2.75) is 39.0 Å². The second kappa shape index (κ2) is 16.8. The van der Waals surface area contributed by atoms with Gasteiger partial charge in [-0.1, -0.05) is 63.1 Å². The SMILES string of the molecule is C=CC=CC=CCCCCCC.O=[PH](O)O. The van der Waals surface area contributed by atoms with Gasteiger partial charge in [-0.05, 0) is 12.8 Å². The first-order chi connectivity index (χ1) is 7.65. The molecule has 3 nitrogen and oxygen atoms in total. The second-order valence-corrected chi connectivity index (χ2v) is 3.75. The van der Waals surface area contributed by atoms with Gasteiger partial charge in [-0.2, -0.15) is 0 Å². The van der Waals surface area contributed by atoms with E-state index >= 15 is 0 Å². The Labute approximate surface area is 99.2 Å². The van der Waals surface area contributed by atoms with E-state index in [-0.39, 0.29) is 0 Å². The van der Waals surface area contributed by atoms with Crippen LogP contribution in [0.2, 0.25) is 0 Å². The summed E-state index contributed by atoms with van der Waals surface area (Å²) < 4.78 is 8.74. The molecule has 0 rings (SSSR count). The molecular weight excluding hydrogens is 223 g/mol. The summed E-state index contributed by atoms with van der Waals surface area (Å²) in [5, 5.41) is 0. The molecule has 2 N–H and O–H groups in total. The van der Waals surface area contributed by atoms with Gasteiger partial charge in [-0.25, -0.2) is 0 Å². The zero-order valence-electron chi connectivity index (χ0n) is 9.93. The first-order valence-electron chi connectivity index (χ1n) is 5.51. The van der Waals surface area contributed by atoms with Crippen LogP contribution in [0.5, 0.6) is 0 Å². The molecular formula is C12H23O3P. The molecule has 0 saturated heterocycles. The summed E-state index contributed by atoms with van der Waals surface area (Å²) in [6.07, 6.45) is 16.7. The number of allylic oxidation sites excluding steroid dienone is 5. The molecule has 0 atom stereocenters. The van der Waals surface area contributed by atoms with Crippen LogP contribution in [0, 0.1) is 0 Å². The highest BCUT2D eigenvalue weighted by atomic mass is 31.1. The van der Waals surface area contributed by atoms with Crippen molar-refractivity contribution < 1.29 is 14.4 Å². The van der Waals surface area contributed by atoms with Crippen LogP contribution in [-0.4, -0.2) is 9.79 Å². The summed E-state index contributed by atoms with van der Waals surface area (Å²) >= 11 is 0. The highest BCUT2D eigenvalue weighted by Gasteiger charge is 1.82. The van der Waals surface area contributed by atoms with E-state index in [2.05, 4.69) is 25.7 Å². The van der Waals surface area contributed by atoms with Crippen LogP contribution >= 0.6 is 8.25 Å². The monoisotopic (exact) mass is 246 g/mol. The van der Waals surface area contributed by atoms with Gasteiger partial charge in [0.25, 0.3) is 0 Å². The first kappa shape index (κ1) is 17.8. The normalized spacial score (nSPS) is 10.8. The molecule has 0 unspecified atom stereocenters. The van der Waals surface area contributed by atoms with E-state index < -0.39 is 8.25 Å². The first-order valence-corrected chi connectivity index (χ1v) is 6.81. The lowest BCUT2D eigenvalue weighted by molar-refractivity contribution is 0.405. The Bertz CT molecular complexity index is 218. The maximum absolute atomic E-state index is 8.74. The van der Waals surface area contributed by atoms with E-state index in [1.54, 1.807) is 6.08 Å². The summed E-state index contributed by atoms with van der Waals surface area (Å²) in [4.78, 5) is 14.3. The third-order valence-electron chi connectivity index (χ3n) is 1.72. The van der Waals surface area contributed by atoms with Crippen molar-refractivity contribution in [1.82, 2.24) is 0 Å². The molecule has 0 aromatic rings. The summed E-state index contributed by atoms with van der Waals surface area (Å²) in [6, 6.07) is 0. The lowest BCUT2D eigenvalue weighted by Gasteiger charge is -1.92. The minimum absolute atomic E-state index is 1.21. The zero-order valence-corrected chi connectivity index (χ0v) is 10.9. The molecule has 16 heavy (non-hydrogen) atoms. The third-order valence-corrected chi connectivity index (χ3v) is 1.72. The Balaban J connectivity index is 0. The Morgan fingerprint density at radius 2 is 1.75 bits per heavy atom.